The van der Waals surface area contributed by atoms with Crippen molar-refractivity contribution in [1.82, 2.24) is 20.0 Å². The standard InChI is InChI=1S/C18H24N4O4/c1-11(2)13-10-15(23)20-18(19-13)14-5-4-8-22(14)17(24)7-6-12-9-16(25-3)21-26-12/h9-11,14H,4-8H2,1-3H3,(H,19,20,23)/t14-/m1/s1. The van der Waals surface area contributed by atoms with Crippen molar-refractivity contribution in [3.63, 3.8) is 0 Å². The molecule has 8 heteroatoms. The van der Waals surface area contributed by atoms with E-state index in [0.29, 0.717) is 36.9 Å². The van der Waals surface area contributed by atoms with E-state index >= 15 is 0 Å². The van der Waals surface area contributed by atoms with E-state index in [0.717, 1.165) is 18.5 Å². The molecule has 0 saturated carbocycles. The van der Waals surface area contributed by atoms with Gasteiger partial charge in [0.1, 0.15) is 11.6 Å². The first kappa shape index (κ1) is 18.2. The molecule has 0 spiro atoms. The number of rotatable bonds is 6. The van der Waals surface area contributed by atoms with Crippen LogP contribution < -0.4 is 10.3 Å². The Bertz CT molecular complexity index is 827. The van der Waals surface area contributed by atoms with Crippen molar-refractivity contribution in [3.05, 3.63) is 39.8 Å². The predicted molar refractivity (Wildman–Crippen MR) is 94.0 cm³/mol. The SMILES string of the molecule is COc1cc(CCC(=O)N2CCC[C@@H]2c2nc(C(C)C)cc(=O)[nH]2)on1. The van der Waals surface area contributed by atoms with Gasteiger partial charge in [-0.2, -0.15) is 0 Å². The molecule has 140 valence electrons. The summed E-state index contributed by atoms with van der Waals surface area (Å²) in [5.41, 5.74) is 0.573. The quantitative estimate of drug-likeness (QED) is 0.847. The monoisotopic (exact) mass is 360 g/mol. The van der Waals surface area contributed by atoms with Gasteiger partial charge in [0.25, 0.3) is 11.4 Å². The molecule has 1 saturated heterocycles. The number of carbonyl (C=O) groups is 1. The molecule has 1 atom stereocenters. The molecule has 1 aliphatic rings. The molecule has 1 amide bonds. The lowest BCUT2D eigenvalue weighted by molar-refractivity contribution is -0.132. The molecular weight excluding hydrogens is 336 g/mol. The number of hydrogen-bond donors (Lipinski definition) is 1. The third kappa shape index (κ3) is 3.95. The molecule has 1 fully saturated rings. The average molecular weight is 360 g/mol. The molecule has 1 aliphatic heterocycles. The highest BCUT2D eigenvalue weighted by Crippen LogP contribution is 2.30. The number of H-pyrrole nitrogens is 1. The Morgan fingerprint density at radius 2 is 2.27 bits per heavy atom. The molecule has 0 unspecified atom stereocenters. The molecule has 0 bridgehead atoms. The van der Waals surface area contributed by atoms with Crippen molar-refractivity contribution in [2.24, 2.45) is 0 Å². The summed E-state index contributed by atoms with van der Waals surface area (Å²) in [7, 11) is 1.51. The maximum Gasteiger partial charge on any atom is 0.254 e. The van der Waals surface area contributed by atoms with Crippen LogP contribution in [-0.4, -0.2) is 39.6 Å². The zero-order valence-corrected chi connectivity index (χ0v) is 15.3. The van der Waals surface area contributed by atoms with E-state index in [-0.39, 0.29) is 23.4 Å². The fraction of sp³-hybridized carbons (Fsp3) is 0.556. The van der Waals surface area contributed by atoms with Crippen LogP contribution in [0.25, 0.3) is 0 Å². The number of ether oxygens (including phenoxy) is 1. The summed E-state index contributed by atoms with van der Waals surface area (Å²) in [6.45, 7) is 4.66. The minimum atomic E-state index is -0.182. The minimum absolute atomic E-state index is 0.0143. The number of methoxy groups -OCH3 is 1. The van der Waals surface area contributed by atoms with Gasteiger partial charge in [-0.15, -0.1) is 0 Å². The largest absolute Gasteiger partial charge is 0.479 e. The highest BCUT2D eigenvalue weighted by atomic mass is 16.5. The second-order valence-corrected chi connectivity index (χ2v) is 6.79. The number of amides is 1. The van der Waals surface area contributed by atoms with E-state index in [9.17, 15) is 9.59 Å². The average Bonchev–Trinajstić information content (AvgIpc) is 3.28. The van der Waals surface area contributed by atoms with Crippen LogP contribution >= 0.6 is 0 Å². The first-order valence-electron chi connectivity index (χ1n) is 8.88. The van der Waals surface area contributed by atoms with E-state index < -0.39 is 0 Å². The summed E-state index contributed by atoms with van der Waals surface area (Å²) in [5.74, 6) is 1.76. The normalized spacial score (nSPS) is 17.1. The zero-order valence-electron chi connectivity index (χ0n) is 15.3. The number of hydrogen-bond acceptors (Lipinski definition) is 6. The number of likely N-dealkylation sites (tertiary alicyclic amines) is 1. The molecule has 0 aromatic carbocycles. The van der Waals surface area contributed by atoms with Crippen LogP contribution in [-0.2, 0) is 11.2 Å². The van der Waals surface area contributed by atoms with E-state index in [4.69, 9.17) is 9.26 Å². The molecule has 0 radical (unpaired) electrons. The summed E-state index contributed by atoms with van der Waals surface area (Å²) in [4.78, 5) is 33.9. The van der Waals surface area contributed by atoms with Crippen molar-refractivity contribution < 1.29 is 14.1 Å². The number of aromatic amines is 1. The lowest BCUT2D eigenvalue weighted by Crippen LogP contribution is -2.32. The van der Waals surface area contributed by atoms with Crippen LogP contribution in [0.3, 0.4) is 0 Å². The summed E-state index contributed by atoms with van der Waals surface area (Å²) >= 11 is 0. The smallest absolute Gasteiger partial charge is 0.254 e. The van der Waals surface area contributed by atoms with Gasteiger partial charge in [0.15, 0.2) is 0 Å². The van der Waals surface area contributed by atoms with Gasteiger partial charge in [0.05, 0.1) is 18.8 Å². The maximum absolute atomic E-state index is 12.7. The molecule has 2 aromatic rings. The minimum Gasteiger partial charge on any atom is -0.479 e. The maximum atomic E-state index is 12.7. The molecular formula is C18H24N4O4. The lowest BCUT2D eigenvalue weighted by atomic mass is 10.1. The number of aryl methyl sites for hydroxylation is 1. The first-order valence-corrected chi connectivity index (χ1v) is 8.88. The molecule has 2 aromatic heterocycles. The van der Waals surface area contributed by atoms with Crippen LogP contribution in [0, 0.1) is 0 Å². The second kappa shape index (κ2) is 7.72. The molecule has 1 N–H and O–H groups in total. The van der Waals surface area contributed by atoms with Crippen molar-refractivity contribution in [2.75, 3.05) is 13.7 Å². The Labute approximate surface area is 151 Å². The van der Waals surface area contributed by atoms with E-state index in [1.54, 1.807) is 11.0 Å². The Morgan fingerprint density at radius 3 is 2.96 bits per heavy atom. The number of nitrogens with one attached hydrogen (secondary N) is 1. The molecule has 3 heterocycles. The van der Waals surface area contributed by atoms with Crippen LogP contribution in [0.1, 0.15) is 62.3 Å². The van der Waals surface area contributed by atoms with Gasteiger partial charge in [-0.25, -0.2) is 4.98 Å². The Kier molecular flexibility index (Phi) is 5.39. The van der Waals surface area contributed by atoms with Gasteiger partial charge in [-0.05, 0) is 23.9 Å². The highest BCUT2D eigenvalue weighted by Gasteiger charge is 2.31. The van der Waals surface area contributed by atoms with Crippen molar-refractivity contribution in [1.29, 1.82) is 0 Å². The lowest BCUT2D eigenvalue weighted by Gasteiger charge is -2.24. The van der Waals surface area contributed by atoms with E-state index in [1.807, 2.05) is 13.8 Å². The van der Waals surface area contributed by atoms with Crippen molar-refractivity contribution in [3.8, 4) is 5.88 Å². The van der Waals surface area contributed by atoms with E-state index in [2.05, 4.69) is 15.1 Å². The summed E-state index contributed by atoms with van der Waals surface area (Å²) in [6, 6.07) is 3.02. The van der Waals surface area contributed by atoms with Gasteiger partial charge in [-0.3, -0.25) is 9.59 Å². The van der Waals surface area contributed by atoms with Crippen LogP contribution in [0.4, 0.5) is 0 Å². The van der Waals surface area contributed by atoms with Gasteiger partial charge in [0.2, 0.25) is 5.91 Å². The number of nitrogens with zero attached hydrogens (tertiary/aromatic N) is 3. The fourth-order valence-corrected chi connectivity index (χ4v) is 3.18. The topological polar surface area (TPSA) is 101 Å². The predicted octanol–water partition coefficient (Wildman–Crippen LogP) is 2.19. The third-order valence-corrected chi connectivity index (χ3v) is 4.59. The molecule has 8 nitrogen and oxygen atoms in total. The summed E-state index contributed by atoms with van der Waals surface area (Å²) in [6.07, 6.45) is 2.45. The van der Waals surface area contributed by atoms with Crippen LogP contribution in [0.2, 0.25) is 0 Å². The van der Waals surface area contributed by atoms with Gasteiger partial charge in [0, 0.05) is 31.5 Å². The van der Waals surface area contributed by atoms with Gasteiger partial charge < -0.3 is 19.1 Å². The highest BCUT2D eigenvalue weighted by molar-refractivity contribution is 5.77. The molecule has 26 heavy (non-hydrogen) atoms. The molecule has 3 rings (SSSR count). The third-order valence-electron chi connectivity index (χ3n) is 4.59. The summed E-state index contributed by atoms with van der Waals surface area (Å²) in [5, 5.41) is 3.74. The van der Waals surface area contributed by atoms with Gasteiger partial charge in [-0.1, -0.05) is 13.8 Å². The Morgan fingerprint density at radius 1 is 1.46 bits per heavy atom. The zero-order chi connectivity index (χ0) is 18.7. The fourth-order valence-electron chi connectivity index (χ4n) is 3.18. The van der Waals surface area contributed by atoms with Crippen molar-refractivity contribution in [2.45, 2.75) is 51.5 Å². The number of aromatic nitrogens is 3. The summed E-state index contributed by atoms with van der Waals surface area (Å²) < 4.78 is 10.1. The Hall–Kier alpha value is -2.64. The second-order valence-electron chi connectivity index (χ2n) is 6.79. The van der Waals surface area contributed by atoms with E-state index in [1.165, 1.54) is 13.2 Å². The number of carbonyl (C=O) groups excluding carboxylic acids is 1. The first-order chi connectivity index (χ1) is 12.5. The Balaban J connectivity index is 1.71. The van der Waals surface area contributed by atoms with Crippen LogP contribution in [0.5, 0.6) is 5.88 Å². The molecule has 0 aliphatic carbocycles. The van der Waals surface area contributed by atoms with Crippen molar-refractivity contribution >= 4 is 5.91 Å². The van der Waals surface area contributed by atoms with Crippen LogP contribution in [0.15, 0.2) is 21.5 Å². The van der Waals surface area contributed by atoms with Gasteiger partial charge >= 0.3 is 0 Å².